The molecule has 0 aliphatic heterocycles. The van der Waals surface area contributed by atoms with E-state index in [0.29, 0.717) is 17.8 Å². The van der Waals surface area contributed by atoms with Gasteiger partial charge in [-0.25, -0.2) is 4.79 Å². The number of ether oxygens (including phenoxy) is 1. The van der Waals surface area contributed by atoms with Gasteiger partial charge in [0.1, 0.15) is 6.61 Å². The van der Waals surface area contributed by atoms with Crippen LogP contribution in [0.25, 0.3) is 0 Å². The molecule has 1 aromatic heterocycles. The molecule has 3 rings (SSSR count). The molecule has 6 nitrogen and oxygen atoms in total. The van der Waals surface area contributed by atoms with E-state index in [0.717, 1.165) is 11.1 Å². The van der Waals surface area contributed by atoms with Gasteiger partial charge in [0, 0.05) is 6.20 Å². The molecule has 124 valence electrons. The molecular weight excluding hydrogens is 316 g/mol. The summed E-state index contributed by atoms with van der Waals surface area (Å²) in [4.78, 5) is 11.8. The molecule has 25 heavy (non-hydrogen) atoms. The van der Waals surface area contributed by atoms with Crippen LogP contribution in [0.4, 0.5) is 10.5 Å². The Balaban J connectivity index is 1.52. The van der Waals surface area contributed by atoms with Gasteiger partial charge in [-0.1, -0.05) is 42.5 Å². The second-order valence-corrected chi connectivity index (χ2v) is 5.42. The molecule has 0 atom stereocenters. The first kappa shape index (κ1) is 16.3. The lowest BCUT2D eigenvalue weighted by molar-refractivity contribution is 0.155. The van der Waals surface area contributed by atoms with Crippen LogP contribution in [-0.2, 0) is 17.9 Å². The molecular formula is C19H16N4O2. The van der Waals surface area contributed by atoms with Crippen LogP contribution in [0.15, 0.2) is 67.0 Å². The fraction of sp³-hybridized carbons (Fsp3) is 0.105. The van der Waals surface area contributed by atoms with Crippen LogP contribution in [0.5, 0.6) is 0 Å². The predicted octanol–water partition coefficient (Wildman–Crippen LogP) is 3.55. The molecule has 1 amide bonds. The molecule has 0 aliphatic carbocycles. The van der Waals surface area contributed by atoms with Crippen LogP contribution in [0, 0.1) is 11.3 Å². The van der Waals surface area contributed by atoms with Crippen molar-refractivity contribution in [2.24, 2.45) is 0 Å². The third-order valence-corrected chi connectivity index (χ3v) is 3.52. The lowest BCUT2D eigenvalue weighted by Gasteiger charge is -2.05. The summed E-state index contributed by atoms with van der Waals surface area (Å²) in [7, 11) is 0. The summed E-state index contributed by atoms with van der Waals surface area (Å²) in [5.41, 5.74) is 3.12. The predicted molar refractivity (Wildman–Crippen MR) is 92.7 cm³/mol. The molecule has 0 unspecified atom stereocenters. The molecule has 1 heterocycles. The Kier molecular flexibility index (Phi) is 5.07. The lowest BCUT2D eigenvalue weighted by Crippen LogP contribution is -2.13. The standard InChI is InChI=1S/C19H16N4O2/c20-10-15-6-8-16(9-7-15)12-23-13-18(11-21-23)22-19(24)25-14-17-4-2-1-3-5-17/h1-9,11,13H,12,14H2,(H,22,24). The van der Waals surface area contributed by atoms with Crippen molar-refractivity contribution in [2.75, 3.05) is 5.32 Å². The van der Waals surface area contributed by atoms with Crippen LogP contribution in [0.1, 0.15) is 16.7 Å². The molecule has 0 radical (unpaired) electrons. The van der Waals surface area contributed by atoms with Crippen LogP contribution in [-0.4, -0.2) is 15.9 Å². The Bertz CT molecular complexity index is 880. The lowest BCUT2D eigenvalue weighted by atomic mass is 10.1. The van der Waals surface area contributed by atoms with Crippen LogP contribution in [0.3, 0.4) is 0 Å². The Morgan fingerprint density at radius 1 is 1.12 bits per heavy atom. The van der Waals surface area contributed by atoms with Crippen molar-refractivity contribution in [2.45, 2.75) is 13.2 Å². The smallest absolute Gasteiger partial charge is 0.412 e. The summed E-state index contributed by atoms with van der Waals surface area (Å²) >= 11 is 0. The summed E-state index contributed by atoms with van der Waals surface area (Å²) in [5.74, 6) is 0. The number of aromatic nitrogens is 2. The third kappa shape index (κ3) is 4.69. The normalized spacial score (nSPS) is 10.0. The van der Waals surface area contributed by atoms with Gasteiger partial charge in [-0.05, 0) is 23.3 Å². The van der Waals surface area contributed by atoms with Crippen molar-refractivity contribution in [1.29, 1.82) is 5.26 Å². The topological polar surface area (TPSA) is 79.9 Å². The van der Waals surface area contributed by atoms with E-state index in [-0.39, 0.29) is 6.61 Å². The fourth-order valence-electron chi connectivity index (χ4n) is 2.26. The fourth-order valence-corrected chi connectivity index (χ4v) is 2.26. The SMILES string of the molecule is N#Cc1ccc(Cn2cc(NC(=O)OCc3ccccc3)cn2)cc1. The number of nitrogens with zero attached hydrogens (tertiary/aromatic N) is 3. The van der Waals surface area contributed by atoms with Gasteiger partial charge < -0.3 is 4.74 Å². The highest BCUT2D eigenvalue weighted by molar-refractivity contribution is 5.84. The summed E-state index contributed by atoms with van der Waals surface area (Å²) < 4.78 is 6.87. The van der Waals surface area contributed by atoms with Gasteiger partial charge in [0.2, 0.25) is 0 Å². The number of nitriles is 1. The minimum absolute atomic E-state index is 0.214. The summed E-state index contributed by atoms with van der Waals surface area (Å²) in [6, 6.07) is 18.8. The van der Waals surface area contributed by atoms with Crippen molar-refractivity contribution in [3.8, 4) is 6.07 Å². The molecule has 0 fully saturated rings. The van der Waals surface area contributed by atoms with Crippen LogP contribution < -0.4 is 5.32 Å². The van der Waals surface area contributed by atoms with Crippen molar-refractivity contribution in [3.05, 3.63) is 83.7 Å². The zero-order chi connectivity index (χ0) is 17.5. The minimum atomic E-state index is -0.526. The van der Waals surface area contributed by atoms with Crippen molar-refractivity contribution < 1.29 is 9.53 Å². The molecule has 0 saturated heterocycles. The Labute approximate surface area is 145 Å². The van der Waals surface area contributed by atoms with E-state index < -0.39 is 6.09 Å². The number of hydrogen-bond donors (Lipinski definition) is 1. The zero-order valence-electron chi connectivity index (χ0n) is 13.4. The minimum Gasteiger partial charge on any atom is -0.444 e. The van der Waals surface area contributed by atoms with Gasteiger partial charge in [0.25, 0.3) is 0 Å². The van der Waals surface area contributed by atoms with Crippen LogP contribution >= 0.6 is 0 Å². The van der Waals surface area contributed by atoms with Crippen molar-refractivity contribution >= 4 is 11.8 Å². The molecule has 0 spiro atoms. The number of hydrogen-bond acceptors (Lipinski definition) is 4. The van der Waals surface area contributed by atoms with E-state index >= 15 is 0 Å². The van der Waals surface area contributed by atoms with Crippen molar-refractivity contribution in [3.63, 3.8) is 0 Å². The zero-order valence-corrected chi connectivity index (χ0v) is 13.4. The molecule has 2 aromatic carbocycles. The number of carbonyl (C=O) groups is 1. The largest absolute Gasteiger partial charge is 0.444 e. The van der Waals surface area contributed by atoms with Gasteiger partial charge in [-0.15, -0.1) is 0 Å². The third-order valence-electron chi connectivity index (χ3n) is 3.52. The van der Waals surface area contributed by atoms with Crippen molar-refractivity contribution in [1.82, 2.24) is 9.78 Å². The second kappa shape index (κ2) is 7.79. The number of carbonyl (C=O) groups excluding carboxylic acids is 1. The van der Waals surface area contributed by atoms with Gasteiger partial charge in [-0.3, -0.25) is 10.00 Å². The van der Waals surface area contributed by atoms with E-state index in [1.807, 2.05) is 42.5 Å². The highest BCUT2D eigenvalue weighted by Crippen LogP contribution is 2.10. The average molecular weight is 332 g/mol. The maximum absolute atomic E-state index is 11.8. The average Bonchev–Trinajstić information content (AvgIpc) is 3.08. The van der Waals surface area contributed by atoms with E-state index in [1.54, 1.807) is 29.2 Å². The van der Waals surface area contributed by atoms with Gasteiger partial charge in [0.15, 0.2) is 0 Å². The molecule has 0 aliphatic rings. The molecule has 0 bridgehead atoms. The molecule has 0 saturated carbocycles. The van der Waals surface area contributed by atoms with E-state index in [2.05, 4.69) is 16.5 Å². The number of nitrogens with one attached hydrogen (secondary N) is 1. The Hall–Kier alpha value is -3.59. The van der Waals surface area contributed by atoms with Gasteiger partial charge in [0.05, 0.1) is 30.1 Å². The first-order valence-corrected chi connectivity index (χ1v) is 7.72. The van der Waals surface area contributed by atoms with Gasteiger partial charge >= 0.3 is 6.09 Å². The van der Waals surface area contributed by atoms with E-state index in [9.17, 15) is 4.79 Å². The number of anilines is 1. The number of benzene rings is 2. The number of amides is 1. The van der Waals surface area contributed by atoms with Gasteiger partial charge in [-0.2, -0.15) is 10.4 Å². The summed E-state index contributed by atoms with van der Waals surface area (Å²) in [6.07, 6.45) is 2.76. The maximum Gasteiger partial charge on any atom is 0.412 e. The maximum atomic E-state index is 11.8. The molecule has 3 aromatic rings. The highest BCUT2D eigenvalue weighted by atomic mass is 16.5. The quantitative estimate of drug-likeness (QED) is 0.775. The second-order valence-electron chi connectivity index (χ2n) is 5.42. The van der Waals surface area contributed by atoms with Crippen LogP contribution in [0.2, 0.25) is 0 Å². The molecule has 1 N–H and O–H groups in total. The monoisotopic (exact) mass is 332 g/mol. The number of rotatable bonds is 5. The van der Waals surface area contributed by atoms with E-state index in [4.69, 9.17) is 10.00 Å². The van der Waals surface area contributed by atoms with E-state index in [1.165, 1.54) is 0 Å². The first-order valence-electron chi connectivity index (χ1n) is 7.72. The molecule has 6 heteroatoms. The highest BCUT2D eigenvalue weighted by Gasteiger charge is 2.06. The summed E-state index contributed by atoms with van der Waals surface area (Å²) in [5, 5.41) is 15.7. The Morgan fingerprint density at radius 3 is 2.60 bits per heavy atom. The Morgan fingerprint density at radius 2 is 1.88 bits per heavy atom. The summed E-state index contributed by atoms with van der Waals surface area (Å²) in [6.45, 7) is 0.762. The first-order chi connectivity index (χ1) is 12.2.